The van der Waals surface area contributed by atoms with E-state index in [0.29, 0.717) is 0 Å². The smallest absolute Gasteiger partial charge is 0.254 e. The fraction of sp³-hybridized carbons (Fsp3) is 0.700. The Hall–Kier alpha value is -1.55. The molecule has 0 spiro atoms. The van der Waals surface area contributed by atoms with E-state index in [-0.39, 0.29) is 5.91 Å². The molecule has 9 heteroatoms. The normalized spacial score (nSPS) is 44.6. The van der Waals surface area contributed by atoms with Crippen LogP contribution in [-0.4, -0.2) is 82.2 Å². The molecule has 0 radical (unpaired) electrons. The molecule has 0 aromatic heterocycles. The molecule has 3 aliphatic heterocycles. The monoisotopic (exact) mass is 270 g/mol. The van der Waals surface area contributed by atoms with Gasteiger partial charge in [0.2, 0.25) is 0 Å². The van der Waals surface area contributed by atoms with Crippen molar-refractivity contribution < 1.29 is 24.9 Å². The Morgan fingerprint density at radius 1 is 1.37 bits per heavy atom. The Balaban J connectivity index is 1.81. The number of nitrogens with zero attached hydrogens (tertiary/aromatic N) is 3. The summed E-state index contributed by atoms with van der Waals surface area (Å²) in [6, 6.07) is -0.689. The zero-order valence-electron chi connectivity index (χ0n) is 9.83. The Morgan fingerprint density at radius 3 is 2.84 bits per heavy atom. The van der Waals surface area contributed by atoms with Crippen LogP contribution in [0.1, 0.15) is 0 Å². The number of amides is 1. The van der Waals surface area contributed by atoms with Crippen molar-refractivity contribution in [1.29, 1.82) is 0 Å². The number of hydrogen-bond donors (Lipinski definition) is 4. The van der Waals surface area contributed by atoms with Crippen molar-refractivity contribution in [2.24, 2.45) is 9.98 Å². The zero-order chi connectivity index (χ0) is 13.6. The van der Waals surface area contributed by atoms with Crippen molar-refractivity contribution in [3.8, 4) is 0 Å². The Labute approximate surface area is 108 Å². The van der Waals surface area contributed by atoms with Gasteiger partial charge in [-0.25, -0.2) is 4.99 Å². The number of aliphatic hydroxyl groups excluding tert-OH is 3. The molecule has 0 aromatic rings. The van der Waals surface area contributed by atoms with E-state index in [0.717, 1.165) is 0 Å². The van der Waals surface area contributed by atoms with Crippen LogP contribution < -0.4 is 5.32 Å². The minimum absolute atomic E-state index is 0.287. The molecule has 0 aromatic carbocycles. The topological polar surface area (TPSA) is 127 Å². The molecule has 0 aliphatic carbocycles. The summed E-state index contributed by atoms with van der Waals surface area (Å²) in [6.07, 6.45) is -2.11. The molecule has 1 saturated heterocycles. The van der Waals surface area contributed by atoms with Gasteiger partial charge in [0.05, 0.1) is 19.3 Å². The van der Waals surface area contributed by atoms with E-state index in [1.165, 1.54) is 17.6 Å². The van der Waals surface area contributed by atoms with Gasteiger partial charge in [-0.1, -0.05) is 0 Å². The van der Waals surface area contributed by atoms with Gasteiger partial charge >= 0.3 is 0 Å². The molecule has 3 aliphatic rings. The van der Waals surface area contributed by atoms with E-state index in [1.807, 2.05) is 0 Å². The molecular weight excluding hydrogens is 256 g/mol. The summed E-state index contributed by atoms with van der Waals surface area (Å²) in [5.74, 6) is -0.287. The zero-order valence-corrected chi connectivity index (χ0v) is 9.83. The van der Waals surface area contributed by atoms with Crippen LogP contribution in [0.2, 0.25) is 0 Å². The first kappa shape index (κ1) is 12.5. The molecule has 0 saturated carbocycles. The molecule has 6 atom stereocenters. The quantitative estimate of drug-likeness (QED) is 0.414. The lowest BCUT2D eigenvalue weighted by Crippen LogP contribution is -2.53. The molecule has 104 valence electrons. The van der Waals surface area contributed by atoms with Crippen molar-refractivity contribution in [1.82, 2.24) is 10.2 Å². The molecule has 19 heavy (non-hydrogen) atoms. The van der Waals surface area contributed by atoms with Gasteiger partial charge in [0, 0.05) is 0 Å². The van der Waals surface area contributed by atoms with Crippen LogP contribution in [0.3, 0.4) is 0 Å². The highest BCUT2D eigenvalue weighted by Crippen LogP contribution is 2.29. The first-order chi connectivity index (χ1) is 9.13. The lowest BCUT2D eigenvalue weighted by molar-refractivity contribution is -0.124. The predicted molar refractivity (Wildman–Crippen MR) is 62.3 cm³/mol. The van der Waals surface area contributed by atoms with Gasteiger partial charge < -0.3 is 30.3 Å². The van der Waals surface area contributed by atoms with Gasteiger partial charge in [0.25, 0.3) is 5.91 Å². The van der Waals surface area contributed by atoms with Crippen LogP contribution in [0.5, 0.6) is 0 Å². The summed E-state index contributed by atoms with van der Waals surface area (Å²) in [4.78, 5) is 21.1. The third-order valence-corrected chi connectivity index (χ3v) is 3.46. The van der Waals surface area contributed by atoms with Crippen molar-refractivity contribution in [2.75, 3.05) is 6.61 Å². The second-order valence-electron chi connectivity index (χ2n) is 4.59. The van der Waals surface area contributed by atoms with Gasteiger partial charge in [-0.3, -0.25) is 9.79 Å². The number of carbonyl (C=O) groups is 1. The van der Waals surface area contributed by atoms with Gasteiger partial charge in [-0.05, 0) is 0 Å². The molecule has 9 nitrogen and oxygen atoms in total. The van der Waals surface area contributed by atoms with E-state index in [2.05, 4.69) is 15.3 Å². The van der Waals surface area contributed by atoms with Gasteiger partial charge in [-0.2, -0.15) is 0 Å². The van der Waals surface area contributed by atoms with E-state index < -0.39 is 43.4 Å². The van der Waals surface area contributed by atoms with E-state index in [4.69, 9.17) is 9.84 Å². The second kappa shape index (κ2) is 4.53. The fourth-order valence-electron chi connectivity index (χ4n) is 2.42. The highest BCUT2D eigenvalue weighted by Gasteiger charge is 2.50. The minimum atomic E-state index is -1.21. The molecule has 0 unspecified atom stereocenters. The van der Waals surface area contributed by atoms with Gasteiger partial charge in [-0.15, -0.1) is 0 Å². The SMILES string of the molecule is O=C1NC=N[C@@H]2[C@@H]1N=CN2[C@H]1O[C@@H](CO)[C@@H](O)[C@H]1O. The largest absolute Gasteiger partial charge is 0.394 e. The van der Waals surface area contributed by atoms with Gasteiger partial charge in [0.15, 0.2) is 18.4 Å². The summed E-state index contributed by atoms with van der Waals surface area (Å²) in [7, 11) is 0. The highest BCUT2D eigenvalue weighted by atomic mass is 16.6. The third-order valence-electron chi connectivity index (χ3n) is 3.46. The predicted octanol–water partition coefficient (Wildman–Crippen LogP) is -3.38. The number of ether oxygens (including phenoxy) is 1. The number of carbonyl (C=O) groups excluding carboxylic acids is 1. The van der Waals surface area contributed by atoms with Crippen molar-refractivity contribution >= 4 is 18.6 Å². The van der Waals surface area contributed by atoms with E-state index in [1.54, 1.807) is 0 Å². The van der Waals surface area contributed by atoms with Crippen LogP contribution in [-0.2, 0) is 9.53 Å². The maximum Gasteiger partial charge on any atom is 0.254 e. The van der Waals surface area contributed by atoms with Crippen LogP contribution in [0.25, 0.3) is 0 Å². The maximum atomic E-state index is 11.6. The lowest BCUT2D eigenvalue weighted by Gasteiger charge is -2.31. The van der Waals surface area contributed by atoms with Crippen LogP contribution in [0.15, 0.2) is 9.98 Å². The molecule has 1 amide bonds. The highest BCUT2D eigenvalue weighted by molar-refractivity contribution is 5.96. The first-order valence-corrected chi connectivity index (χ1v) is 5.88. The summed E-state index contributed by atoms with van der Waals surface area (Å²) in [5, 5.41) is 31.1. The standard InChI is InChI=1S/C10H14N4O5/c15-1-4-6(16)7(17)10(19-4)14-3-13-5-8(14)11-2-12-9(5)18/h2-8,10,15-17H,1H2,(H,11,12,18)/t4-,5-,6+,7+,8-,10-/m0/s1. The van der Waals surface area contributed by atoms with Crippen LogP contribution in [0.4, 0.5) is 0 Å². The Bertz CT molecular complexity index is 442. The second-order valence-corrected chi connectivity index (χ2v) is 4.59. The molecule has 3 heterocycles. The van der Waals surface area contributed by atoms with Crippen molar-refractivity contribution in [3.05, 3.63) is 0 Å². The molecule has 1 fully saturated rings. The third kappa shape index (κ3) is 1.82. The average molecular weight is 270 g/mol. The van der Waals surface area contributed by atoms with Gasteiger partial charge in [0.1, 0.15) is 18.3 Å². The lowest BCUT2D eigenvalue weighted by atomic mass is 10.1. The number of aliphatic hydroxyl groups is 3. The Kier molecular flexibility index (Phi) is 2.97. The van der Waals surface area contributed by atoms with Crippen LogP contribution >= 0.6 is 0 Å². The number of fused-ring (bicyclic) bond motifs is 1. The minimum Gasteiger partial charge on any atom is -0.394 e. The number of aliphatic imine (C=N–C) groups is 2. The molecular formula is C10H14N4O5. The Morgan fingerprint density at radius 2 is 2.16 bits per heavy atom. The average Bonchev–Trinajstić information content (AvgIpc) is 2.94. The van der Waals surface area contributed by atoms with E-state index >= 15 is 0 Å². The number of hydrogen-bond acceptors (Lipinski definition) is 8. The van der Waals surface area contributed by atoms with Crippen molar-refractivity contribution in [2.45, 2.75) is 36.7 Å². The molecule has 4 N–H and O–H groups in total. The summed E-state index contributed by atoms with van der Waals surface area (Å²) in [6.45, 7) is -0.405. The number of rotatable bonds is 2. The number of nitrogens with one attached hydrogen (secondary N) is 1. The summed E-state index contributed by atoms with van der Waals surface area (Å²) in [5.41, 5.74) is 0. The summed E-state index contributed by atoms with van der Waals surface area (Å²) >= 11 is 0. The fourth-order valence-corrected chi connectivity index (χ4v) is 2.42. The van der Waals surface area contributed by atoms with Crippen molar-refractivity contribution in [3.63, 3.8) is 0 Å². The molecule has 0 bridgehead atoms. The molecule has 3 rings (SSSR count). The van der Waals surface area contributed by atoms with Crippen LogP contribution in [0, 0.1) is 0 Å². The van der Waals surface area contributed by atoms with E-state index in [9.17, 15) is 15.0 Å². The first-order valence-electron chi connectivity index (χ1n) is 5.88. The maximum absolute atomic E-state index is 11.6. The summed E-state index contributed by atoms with van der Waals surface area (Å²) < 4.78 is 5.38.